The van der Waals surface area contributed by atoms with E-state index in [4.69, 9.17) is 21.1 Å². The molecule has 36 heavy (non-hydrogen) atoms. The summed E-state index contributed by atoms with van der Waals surface area (Å²) in [7, 11) is 1.55. The molecule has 3 aromatic carbocycles. The number of rotatable bonds is 8. The number of aryl methyl sites for hydroxylation is 2. The minimum Gasteiger partial charge on any atom is -0.493 e. The lowest BCUT2D eigenvalue weighted by Crippen LogP contribution is -2.30. The molecule has 0 aromatic heterocycles. The smallest absolute Gasteiger partial charge is 0.245 e. The average Bonchev–Trinajstić information content (AvgIpc) is 3.27. The van der Waals surface area contributed by atoms with Crippen molar-refractivity contribution in [2.75, 3.05) is 18.6 Å². The van der Waals surface area contributed by atoms with Gasteiger partial charge in [-0.2, -0.15) is 5.10 Å². The van der Waals surface area contributed by atoms with E-state index >= 15 is 0 Å². The molecular weight excluding hydrogens is 478 g/mol. The van der Waals surface area contributed by atoms with Gasteiger partial charge in [-0.1, -0.05) is 35.9 Å². The van der Waals surface area contributed by atoms with Gasteiger partial charge in [-0.15, -0.1) is 0 Å². The molecule has 1 heterocycles. The summed E-state index contributed by atoms with van der Waals surface area (Å²) in [6, 6.07) is 18.7. The van der Waals surface area contributed by atoms with Crippen LogP contribution in [-0.4, -0.2) is 31.7 Å². The molecule has 0 spiro atoms. The zero-order valence-corrected chi connectivity index (χ0v) is 21.2. The number of hydrogen-bond donors (Lipinski definition) is 1. The molecule has 186 valence electrons. The number of benzene rings is 3. The maximum Gasteiger partial charge on any atom is 0.245 e. The molecule has 1 atom stereocenters. The van der Waals surface area contributed by atoms with Gasteiger partial charge in [-0.3, -0.25) is 9.59 Å². The number of carbonyl (C=O) groups excluding carboxylic acids is 2. The van der Waals surface area contributed by atoms with Crippen LogP contribution in [0.5, 0.6) is 11.5 Å². The molecule has 3 aromatic rings. The summed E-state index contributed by atoms with van der Waals surface area (Å²) in [5.41, 5.74) is 7.22. The standard InChI is InChI=1S/C28H28ClN3O4/c1-18-8-10-23(12-19(18)2)32-16-22(14-27(32)33)28(34)31-30-15-20-9-11-25(26(13-20)35-3)36-17-21-6-4-5-7-24(21)29/h4-13,15,22H,14,16-17H2,1-3H3,(H,31,34)/b30-15-/t22-/m1/s1. The second kappa shape index (κ2) is 11.3. The van der Waals surface area contributed by atoms with Crippen molar-refractivity contribution in [2.45, 2.75) is 26.9 Å². The van der Waals surface area contributed by atoms with Crippen molar-refractivity contribution in [3.05, 3.63) is 87.9 Å². The fraction of sp³-hybridized carbons (Fsp3) is 0.250. The highest BCUT2D eigenvalue weighted by Gasteiger charge is 2.35. The Morgan fingerprint density at radius 1 is 1.11 bits per heavy atom. The minimum atomic E-state index is -0.466. The number of anilines is 1. The molecule has 0 radical (unpaired) electrons. The molecule has 1 saturated heterocycles. The number of nitrogens with zero attached hydrogens (tertiary/aromatic N) is 2. The average molecular weight is 506 g/mol. The highest BCUT2D eigenvalue weighted by Crippen LogP contribution is 2.30. The Bertz CT molecular complexity index is 1310. The molecule has 1 aliphatic heterocycles. The zero-order valence-electron chi connectivity index (χ0n) is 20.5. The van der Waals surface area contributed by atoms with Gasteiger partial charge in [0, 0.05) is 29.2 Å². The Morgan fingerprint density at radius 2 is 1.92 bits per heavy atom. The van der Waals surface area contributed by atoms with Crippen molar-refractivity contribution in [3.8, 4) is 11.5 Å². The summed E-state index contributed by atoms with van der Waals surface area (Å²) < 4.78 is 11.3. The lowest BCUT2D eigenvalue weighted by atomic mass is 10.1. The van der Waals surface area contributed by atoms with Crippen LogP contribution in [0.2, 0.25) is 5.02 Å². The van der Waals surface area contributed by atoms with Crippen LogP contribution in [0, 0.1) is 19.8 Å². The summed E-state index contributed by atoms with van der Waals surface area (Å²) in [4.78, 5) is 26.8. The maximum atomic E-state index is 12.6. The van der Waals surface area contributed by atoms with E-state index in [-0.39, 0.29) is 18.2 Å². The van der Waals surface area contributed by atoms with Crippen LogP contribution in [-0.2, 0) is 16.2 Å². The van der Waals surface area contributed by atoms with Crippen molar-refractivity contribution >= 4 is 35.3 Å². The van der Waals surface area contributed by atoms with Gasteiger partial charge in [0.1, 0.15) is 6.61 Å². The van der Waals surface area contributed by atoms with Crippen LogP contribution in [0.25, 0.3) is 0 Å². The molecule has 1 N–H and O–H groups in total. The molecule has 1 aliphatic rings. The van der Waals surface area contributed by atoms with Gasteiger partial charge in [-0.25, -0.2) is 5.43 Å². The van der Waals surface area contributed by atoms with E-state index in [1.165, 1.54) is 6.21 Å². The first kappa shape index (κ1) is 25.3. The van der Waals surface area contributed by atoms with Crippen LogP contribution in [0.3, 0.4) is 0 Å². The molecule has 7 nitrogen and oxygen atoms in total. The highest BCUT2D eigenvalue weighted by atomic mass is 35.5. The summed E-state index contributed by atoms with van der Waals surface area (Å²) in [5.74, 6) is 0.265. The number of halogens is 1. The first-order valence-corrected chi connectivity index (χ1v) is 12.0. The van der Waals surface area contributed by atoms with Gasteiger partial charge < -0.3 is 14.4 Å². The van der Waals surface area contributed by atoms with E-state index < -0.39 is 5.92 Å². The van der Waals surface area contributed by atoms with Gasteiger partial charge in [-0.05, 0) is 66.9 Å². The highest BCUT2D eigenvalue weighted by molar-refractivity contribution is 6.31. The number of hydrogen-bond acceptors (Lipinski definition) is 5. The Morgan fingerprint density at radius 3 is 2.67 bits per heavy atom. The lowest BCUT2D eigenvalue weighted by Gasteiger charge is -2.17. The first-order valence-electron chi connectivity index (χ1n) is 11.6. The monoisotopic (exact) mass is 505 g/mol. The third kappa shape index (κ3) is 5.86. The van der Waals surface area contributed by atoms with Crippen molar-refractivity contribution in [2.24, 2.45) is 11.0 Å². The summed E-state index contributed by atoms with van der Waals surface area (Å²) in [6.07, 6.45) is 1.68. The fourth-order valence-corrected chi connectivity index (χ4v) is 4.13. The Hall–Kier alpha value is -3.84. The molecule has 1 fully saturated rings. The van der Waals surface area contributed by atoms with Gasteiger partial charge in [0.2, 0.25) is 11.8 Å². The third-order valence-electron chi connectivity index (χ3n) is 6.22. The maximum absolute atomic E-state index is 12.6. The number of nitrogens with one attached hydrogen (secondary N) is 1. The second-order valence-electron chi connectivity index (χ2n) is 8.70. The predicted molar refractivity (Wildman–Crippen MR) is 141 cm³/mol. The molecule has 4 rings (SSSR count). The Labute approximate surface area is 215 Å². The largest absolute Gasteiger partial charge is 0.493 e. The molecule has 8 heteroatoms. The van der Waals surface area contributed by atoms with E-state index in [0.717, 1.165) is 27.9 Å². The number of hydrazone groups is 1. The Balaban J connectivity index is 1.34. The molecule has 0 unspecified atom stereocenters. The van der Waals surface area contributed by atoms with E-state index in [9.17, 15) is 9.59 Å². The predicted octanol–water partition coefficient (Wildman–Crippen LogP) is 5.05. The van der Waals surface area contributed by atoms with Crippen molar-refractivity contribution < 1.29 is 19.1 Å². The molecule has 0 bridgehead atoms. The number of amides is 2. The lowest BCUT2D eigenvalue weighted by molar-refractivity contribution is -0.126. The number of carbonyl (C=O) groups is 2. The van der Waals surface area contributed by atoms with Gasteiger partial charge in [0.05, 0.1) is 19.2 Å². The van der Waals surface area contributed by atoms with Crippen LogP contribution in [0.1, 0.15) is 28.7 Å². The summed E-state index contributed by atoms with van der Waals surface area (Å²) in [5, 5.41) is 4.71. The second-order valence-corrected chi connectivity index (χ2v) is 9.11. The van der Waals surface area contributed by atoms with Gasteiger partial charge in [0.25, 0.3) is 0 Å². The summed E-state index contributed by atoms with van der Waals surface area (Å²) >= 11 is 6.19. The molecule has 2 amide bonds. The molecule has 0 saturated carbocycles. The van der Waals surface area contributed by atoms with E-state index in [0.29, 0.717) is 29.7 Å². The van der Waals surface area contributed by atoms with Crippen molar-refractivity contribution in [3.63, 3.8) is 0 Å². The minimum absolute atomic E-state index is 0.0699. The van der Waals surface area contributed by atoms with Crippen LogP contribution in [0.4, 0.5) is 5.69 Å². The quantitative estimate of drug-likeness (QED) is 0.343. The van der Waals surface area contributed by atoms with Gasteiger partial charge in [0.15, 0.2) is 11.5 Å². The fourth-order valence-electron chi connectivity index (χ4n) is 3.94. The first-order chi connectivity index (χ1) is 17.4. The Kier molecular flexibility index (Phi) is 7.90. The third-order valence-corrected chi connectivity index (χ3v) is 6.58. The van der Waals surface area contributed by atoms with Crippen molar-refractivity contribution in [1.82, 2.24) is 5.43 Å². The molecular formula is C28H28ClN3O4. The number of ether oxygens (including phenoxy) is 2. The van der Waals surface area contributed by atoms with Crippen LogP contribution >= 0.6 is 11.6 Å². The number of methoxy groups -OCH3 is 1. The topological polar surface area (TPSA) is 80.2 Å². The van der Waals surface area contributed by atoms with E-state index in [1.807, 2.05) is 56.3 Å². The normalized spacial score (nSPS) is 15.4. The summed E-state index contributed by atoms with van der Waals surface area (Å²) in [6.45, 7) is 4.66. The zero-order chi connectivity index (χ0) is 25.7. The van der Waals surface area contributed by atoms with Gasteiger partial charge >= 0.3 is 0 Å². The van der Waals surface area contributed by atoms with E-state index in [1.54, 1.807) is 30.2 Å². The van der Waals surface area contributed by atoms with Crippen molar-refractivity contribution in [1.29, 1.82) is 0 Å². The van der Waals surface area contributed by atoms with E-state index in [2.05, 4.69) is 10.5 Å². The molecule has 0 aliphatic carbocycles. The SMILES string of the molecule is COc1cc(/C=N\NC(=O)[C@@H]2CC(=O)N(c3ccc(C)c(C)c3)C2)ccc1OCc1ccccc1Cl. The van der Waals surface area contributed by atoms with Crippen LogP contribution in [0.15, 0.2) is 65.8 Å². The van der Waals surface area contributed by atoms with Crippen LogP contribution < -0.4 is 19.8 Å².